The van der Waals surface area contributed by atoms with Gasteiger partial charge in [0.05, 0.1) is 38.4 Å². The number of amides is 1. The number of nitrogens with one attached hydrogen (secondary N) is 1. The Labute approximate surface area is 220 Å². The summed E-state index contributed by atoms with van der Waals surface area (Å²) in [6.45, 7) is 0.784. The maximum atomic E-state index is 13.5. The van der Waals surface area contributed by atoms with E-state index in [0.717, 1.165) is 12.1 Å². The maximum absolute atomic E-state index is 13.5. The van der Waals surface area contributed by atoms with E-state index in [0.29, 0.717) is 10.4 Å². The highest BCUT2D eigenvalue weighted by atomic mass is 35.5. The van der Waals surface area contributed by atoms with Gasteiger partial charge in [0.25, 0.3) is 10.0 Å². The molecule has 0 atom stereocenters. The summed E-state index contributed by atoms with van der Waals surface area (Å²) in [4.78, 5) is 24.7. The van der Waals surface area contributed by atoms with E-state index in [4.69, 9.17) is 27.9 Å². The Morgan fingerprint density at radius 2 is 1.62 bits per heavy atom. The summed E-state index contributed by atoms with van der Waals surface area (Å²) in [5.41, 5.74) is -1.65. The van der Waals surface area contributed by atoms with E-state index in [-0.39, 0.29) is 27.8 Å². The second-order valence-corrected chi connectivity index (χ2v) is 10.1. The lowest BCUT2D eigenvalue weighted by molar-refractivity contribution is -0.137. The standard InChI is InChI=1S/C24H19Cl2F3N2O5S/c1-2-36-23(33)18-12-15(8-10-20(18)25)30-22(32)14-31(37(34,35)17-6-4-3-5-7-17)16-9-11-21(26)19(13-16)24(27,28)29/h3-13H,2,14H2,1H3,(H,30,32). The van der Waals surface area contributed by atoms with Crippen molar-refractivity contribution in [2.75, 3.05) is 22.8 Å². The highest BCUT2D eigenvalue weighted by molar-refractivity contribution is 7.92. The number of anilines is 2. The Balaban J connectivity index is 2.00. The summed E-state index contributed by atoms with van der Waals surface area (Å²) in [6, 6.07) is 13.3. The summed E-state index contributed by atoms with van der Waals surface area (Å²) in [5.74, 6) is -1.64. The van der Waals surface area contributed by atoms with Gasteiger partial charge in [-0.1, -0.05) is 41.4 Å². The molecule has 0 unspecified atom stereocenters. The second kappa shape index (κ2) is 11.4. The molecule has 0 fully saturated rings. The van der Waals surface area contributed by atoms with Gasteiger partial charge >= 0.3 is 12.1 Å². The molecule has 0 aliphatic carbocycles. The number of ether oxygens (including phenoxy) is 1. The zero-order valence-corrected chi connectivity index (χ0v) is 21.4. The smallest absolute Gasteiger partial charge is 0.417 e. The minimum atomic E-state index is -4.87. The van der Waals surface area contributed by atoms with E-state index >= 15 is 0 Å². The van der Waals surface area contributed by atoms with Gasteiger partial charge in [0.1, 0.15) is 6.54 Å². The highest BCUT2D eigenvalue weighted by Crippen LogP contribution is 2.38. The first-order chi connectivity index (χ1) is 17.3. The number of hydrogen-bond donors (Lipinski definition) is 1. The zero-order chi connectivity index (χ0) is 27.4. The molecule has 0 saturated carbocycles. The average molecular weight is 575 g/mol. The maximum Gasteiger partial charge on any atom is 0.417 e. The average Bonchev–Trinajstić information content (AvgIpc) is 2.84. The van der Waals surface area contributed by atoms with Crippen LogP contribution in [0.5, 0.6) is 0 Å². The Kier molecular flexibility index (Phi) is 8.72. The normalized spacial score (nSPS) is 11.6. The Morgan fingerprint density at radius 1 is 0.973 bits per heavy atom. The van der Waals surface area contributed by atoms with Crippen LogP contribution in [0.4, 0.5) is 24.5 Å². The lowest BCUT2D eigenvalue weighted by Crippen LogP contribution is -2.38. The van der Waals surface area contributed by atoms with Gasteiger partial charge < -0.3 is 10.1 Å². The molecule has 0 spiro atoms. The fraction of sp³-hybridized carbons (Fsp3) is 0.167. The van der Waals surface area contributed by atoms with Gasteiger partial charge in [0.15, 0.2) is 0 Å². The Morgan fingerprint density at radius 3 is 2.24 bits per heavy atom. The summed E-state index contributed by atoms with van der Waals surface area (Å²) < 4.78 is 72.6. The van der Waals surface area contributed by atoms with Crippen LogP contribution in [-0.4, -0.2) is 33.4 Å². The fourth-order valence-electron chi connectivity index (χ4n) is 3.22. The van der Waals surface area contributed by atoms with Crippen LogP contribution in [0.1, 0.15) is 22.8 Å². The number of carbonyl (C=O) groups excluding carboxylic acids is 2. The van der Waals surface area contributed by atoms with Crippen LogP contribution in [0.25, 0.3) is 0 Å². The van der Waals surface area contributed by atoms with E-state index in [1.165, 1.54) is 42.5 Å². The minimum Gasteiger partial charge on any atom is -0.462 e. The minimum absolute atomic E-state index is 0.0393. The molecule has 0 heterocycles. The molecule has 0 bridgehead atoms. The number of hydrogen-bond acceptors (Lipinski definition) is 5. The van der Waals surface area contributed by atoms with Crippen LogP contribution in [-0.2, 0) is 25.7 Å². The van der Waals surface area contributed by atoms with Crippen molar-refractivity contribution in [1.29, 1.82) is 0 Å². The van der Waals surface area contributed by atoms with Gasteiger partial charge in [0, 0.05) is 5.69 Å². The molecule has 0 saturated heterocycles. The molecular formula is C24H19Cl2F3N2O5S. The second-order valence-electron chi connectivity index (χ2n) is 7.45. The number of nitrogens with zero attached hydrogens (tertiary/aromatic N) is 1. The van der Waals surface area contributed by atoms with Gasteiger partial charge in [-0.3, -0.25) is 9.10 Å². The van der Waals surface area contributed by atoms with E-state index in [1.807, 2.05) is 0 Å². The monoisotopic (exact) mass is 574 g/mol. The molecule has 0 radical (unpaired) electrons. The van der Waals surface area contributed by atoms with Crippen LogP contribution >= 0.6 is 23.2 Å². The van der Waals surface area contributed by atoms with E-state index in [2.05, 4.69) is 5.32 Å². The number of halogens is 5. The first-order valence-corrected chi connectivity index (χ1v) is 12.7. The van der Waals surface area contributed by atoms with E-state index in [9.17, 15) is 31.2 Å². The third kappa shape index (κ3) is 6.73. The first-order valence-electron chi connectivity index (χ1n) is 10.6. The van der Waals surface area contributed by atoms with Crippen molar-refractivity contribution in [1.82, 2.24) is 0 Å². The van der Waals surface area contributed by atoms with Crippen LogP contribution in [0.2, 0.25) is 10.0 Å². The molecule has 13 heteroatoms. The van der Waals surface area contributed by atoms with Crippen LogP contribution < -0.4 is 9.62 Å². The Hall–Kier alpha value is -3.28. The number of alkyl halides is 3. The number of rotatable bonds is 8. The van der Waals surface area contributed by atoms with Crippen LogP contribution in [0.3, 0.4) is 0 Å². The van der Waals surface area contributed by atoms with E-state index in [1.54, 1.807) is 13.0 Å². The summed E-state index contributed by atoms with van der Waals surface area (Å²) >= 11 is 11.7. The lowest BCUT2D eigenvalue weighted by Gasteiger charge is -2.25. The molecule has 0 aliphatic heterocycles. The molecule has 0 aliphatic rings. The van der Waals surface area contributed by atoms with Gasteiger partial charge in [-0.15, -0.1) is 0 Å². The molecule has 37 heavy (non-hydrogen) atoms. The molecule has 0 aromatic heterocycles. The lowest BCUT2D eigenvalue weighted by atomic mass is 10.2. The van der Waals surface area contributed by atoms with E-state index < -0.39 is 50.9 Å². The molecular weight excluding hydrogens is 556 g/mol. The first kappa shape index (κ1) is 28.3. The van der Waals surface area contributed by atoms with Crippen molar-refractivity contribution in [3.05, 3.63) is 87.9 Å². The molecule has 3 aromatic carbocycles. The van der Waals surface area contributed by atoms with Crippen molar-refractivity contribution in [2.24, 2.45) is 0 Å². The highest BCUT2D eigenvalue weighted by Gasteiger charge is 2.35. The van der Waals surface area contributed by atoms with Crippen LogP contribution in [0, 0.1) is 0 Å². The van der Waals surface area contributed by atoms with Gasteiger partial charge in [0.2, 0.25) is 5.91 Å². The Bertz CT molecular complexity index is 1420. The van der Waals surface area contributed by atoms with Crippen molar-refractivity contribution in [2.45, 2.75) is 18.0 Å². The molecule has 7 nitrogen and oxygen atoms in total. The van der Waals surface area contributed by atoms with Gasteiger partial charge in [-0.2, -0.15) is 13.2 Å². The molecule has 3 rings (SSSR count). The van der Waals surface area contributed by atoms with Gasteiger partial charge in [-0.05, 0) is 55.5 Å². The predicted octanol–water partition coefficient (Wildman–Crippen LogP) is 6.02. The largest absolute Gasteiger partial charge is 0.462 e. The summed E-state index contributed by atoms with van der Waals surface area (Å²) in [7, 11) is -4.49. The predicted molar refractivity (Wildman–Crippen MR) is 133 cm³/mol. The number of benzene rings is 3. The quantitative estimate of drug-likeness (QED) is 0.332. The molecule has 1 amide bonds. The van der Waals surface area contributed by atoms with Gasteiger partial charge in [-0.25, -0.2) is 13.2 Å². The van der Waals surface area contributed by atoms with Crippen molar-refractivity contribution >= 4 is 56.5 Å². The van der Waals surface area contributed by atoms with Crippen molar-refractivity contribution in [3.63, 3.8) is 0 Å². The SMILES string of the molecule is CCOC(=O)c1cc(NC(=O)CN(c2ccc(Cl)c(C(F)(F)F)c2)S(=O)(=O)c2ccccc2)ccc1Cl. The molecule has 196 valence electrons. The van der Waals surface area contributed by atoms with Crippen LogP contribution in [0.15, 0.2) is 71.6 Å². The molecule has 3 aromatic rings. The third-order valence-corrected chi connectivity index (χ3v) is 7.35. The fourth-order valence-corrected chi connectivity index (χ4v) is 5.07. The topological polar surface area (TPSA) is 92.8 Å². The number of carbonyl (C=O) groups is 2. The molecule has 1 N–H and O–H groups in total. The number of sulfonamides is 1. The number of esters is 1. The van der Waals surface area contributed by atoms with Crippen molar-refractivity contribution in [3.8, 4) is 0 Å². The third-order valence-electron chi connectivity index (χ3n) is 4.91. The summed E-state index contributed by atoms with van der Waals surface area (Å²) in [5, 5.41) is 1.85. The zero-order valence-electron chi connectivity index (χ0n) is 19.1. The van der Waals surface area contributed by atoms with Crippen molar-refractivity contribution < 1.29 is 35.9 Å². The summed E-state index contributed by atoms with van der Waals surface area (Å²) in [6.07, 6.45) is -4.87.